The van der Waals surface area contributed by atoms with Crippen molar-refractivity contribution in [3.8, 4) is 0 Å². The molecule has 0 radical (unpaired) electrons. The third kappa shape index (κ3) is 2.51. The molecule has 5 heteroatoms. The van der Waals surface area contributed by atoms with Gasteiger partial charge in [-0.3, -0.25) is 4.79 Å². The fourth-order valence-electron chi connectivity index (χ4n) is 1.35. The van der Waals surface area contributed by atoms with Gasteiger partial charge in [-0.05, 0) is 34.1 Å². The molecule has 0 unspecified atom stereocenters. The average molecular weight is 300 g/mol. The molecule has 1 aromatic heterocycles. The minimum absolute atomic E-state index is 0.0153. The fourth-order valence-corrected chi connectivity index (χ4v) is 2.25. The number of rotatable bonds is 3. The fraction of sp³-hybridized carbons (Fsp3) is 0.0909. The van der Waals surface area contributed by atoms with E-state index in [2.05, 4.69) is 20.9 Å². The van der Waals surface area contributed by atoms with Crippen molar-refractivity contribution in [2.24, 2.45) is 0 Å². The van der Waals surface area contributed by atoms with Crippen LogP contribution < -0.4 is 0 Å². The van der Waals surface area contributed by atoms with Crippen LogP contribution >= 0.6 is 27.5 Å². The van der Waals surface area contributed by atoms with Crippen LogP contribution in [0.25, 0.3) is 0 Å². The Hall–Kier alpha value is -1.13. The minimum Gasteiger partial charge on any atom is -0.330 e. The van der Waals surface area contributed by atoms with Crippen LogP contribution in [0.15, 0.2) is 41.4 Å². The third-order valence-electron chi connectivity index (χ3n) is 2.12. The molecule has 0 N–H and O–H groups in total. The lowest BCUT2D eigenvalue weighted by Gasteiger charge is -2.04. The number of hydrogen-bond acceptors (Lipinski definition) is 2. The molecule has 0 aliphatic heterocycles. The van der Waals surface area contributed by atoms with Crippen molar-refractivity contribution >= 4 is 33.3 Å². The highest BCUT2D eigenvalue weighted by Gasteiger charge is 2.10. The second kappa shape index (κ2) is 4.80. The van der Waals surface area contributed by atoms with E-state index in [0.717, 1.165) is 0 Å². The van der Waals surface area contributed by atoms with E-state index < -0.39 is 0 Å². The molecule has 16 heavy (non-hydrogen) atoms. The van der Waals surface area contributed by atoms with Crippen LogP contribution in [0.3, 0.4) is 0 Å². The van der Waals surface area contributed by atoms with E-state index in [1.54, 1.807) is 41.5 Å². The van der Waals surface area contributed by atoms with Gasteiger partial charge in [0.25, 0.3) is 0 Å². The number of benzene rings is 1. The number of Topliss-reactive ketones (excluding diaryl/α,β-unsaturated/α-hetero) is 1. The highest BCUT2D eigenvalue weighted by Crippen LogP contribution is 2.22. The van der Waals surface area contributed by atoms with Crippen molar-refractivity contribution < 1.29 is 4.79 Å². The SMILES string of the molecule is O=C(Cn1ccnc1)c1ccc(Cl)cc1Br. The molecule has 0 bridgehead atoms. The van der Waals surface area contributed by atoms with Gasteiger partial charge in [0.1, 0.15) is 0 Å². The van der Waals surface area contributed by atoms with Crippen LogP contribution in [0.2, 0.25) is 5.02 Å². The van der Waals surface area contributed by atoms with Gasteiger partial charge in [-0.25, -0.2) is 4.98 Å². The van der Waals surface area contributed by atoms with Crippen LogP contribution in [0.1, 0.15) is 10.4 Å². The van der Waals surface area contributed by atoms with Crippen molar-refractivity contribution in [1.29, 1.82) is 0 Å². The molecular formula is C11H8BrClN2O. The first-order chi connectivity index (χ1) is 7.66. The van der Waals surface area contributed by atoms with E-state index in [4.69, 9.17) is 11.6 Å². The Morgan fingerprint density at radius 2 is 2.31 bits per heavy atom. The van der Waals surface area contributed by atoms with E-state index in [-0.39, 0.29) is 12.3 Å². The van der Waals surface area contributed by atoms with Crippen LogP contribution in [0.4, 0.5) is 0 Å². The van der Waals surface area contributed by atoms with E-state index in [0.29, 0.717) is 15.1 Å². The van der Waals surface area contributed by atoms with Gasteiger partial charge in [0.2, 0.25) is 0 Å². The second-order valence-electron chi connectivity index (χ2n) is 3.28. The predicted octanol–water partition coefficient (Wildman–Crippen LogP) is 3.18. The Labute approximate surface area is 106 Å². The zero-order valence-corrected chi connectivity index (χ0v) is 10.6. The van der Waals surface area contributed by atoms with Crippen molar-refractivity contribution in [1.82, 2.24) is 9.55 Å². The quantitative estimate of drug-likeness (QED) is 0.816. The molecular weight excluding hydrogens is 291 g/mol. The lowest BCUT2D eigenvalue weighted by molar-refractivity contribution is 0.0971. The summed E-state index contributed by atoms with van der Waals surface area (Å²) in [6, 6.07) is 5.13. The maximum absolute atomic E-state index is 11.9. The average Bonchev–Trinajstić information content (AvgIpc) is 2.70. The molecule has 0 saturated carbocycles. The molecule has 3 nitrogen and oxygen atoms in total. The Bertz CT molecular complexity index is 511. The van der Waals surface area contributed by atoms with Crippen molar-refractivity contribution in [3.05, 3.63) is 52.0 Å². The second-order valence-corrected chi connectivity index (χ2v) is 4.57. The molecule has 0 saturated heterocycles. The van der Waals surface area contributed by atoms with E-state index in [1.807, 2.05) is 0 Å². The van der Waals surface area contributed by atoms with Crippen LogP contribution in [0, 0.1) is 0 Å². The van der Waals surface area contributed by atoms with Crippen LogP contribution in [-0.4, -0.2) is 15.3 Å². The summed E-state index contributed by atoms with van der Waals surface area (Å²) in [5.74, 6) is 0.0153. The zero-order valence-electron chi connectivity index (χ0n) is 8.23. The van der Waals surface area contributed by atoms with Crippen molar-refractivity contribution in [3.63, 3.8) is 0 Å². The van der Waals surface area contributed by atoms with Gasteiger partial charge in [-0.15, -0.1) is 0 Å². The normalized spacial score (nSPS) is 10.4. The molecule has 2 aromatic rings. The van der Waals surface area contributed by atoms with Crippen molar-refractivity contribution in [2.75, 3.05) is 0 Å². The number of ketones is 1. The highest BCUT2D eigenvalue weighted by molar-refractivity contribution is 9.10. The summed E-state index contributed by atoms with van der Waals surface area (Å²) >= 11 is 9.13. The van der Waals surface area contributed by atoms with Gasteiger partial charge in [0, 0.05) is 27.5 Å². The van der Waals surface area contributed by atoms with Gasteiger partial charge in [-0.1, -0.05) is 11.6 Å². The Morgan fingerprint density at radius 3 is 2.94 bits per heavy atom. The molecule has 0 aliphatic rings. The van der Waals surface area contributed by atoms with Crippen molar-refractivity contribution in [2.45, 2.75) is 6.54 Å². The molecule has 82 valence electrons. The summed E-state index contributed by atoms with van der Waals surface area (Å²) in [4.78, 5) is 15.8. The molecule has 0 spiro atoms. The molecule has 0 aliphatic carbocycles. The molecule has 0 amide bonds. The number of imidazole rings is 1. The Morgan fingerprint density at radius 1 is 1.50 bits per heavy atom. The lowest BCUT2D eigenvalue weighted by Crippen LogP contribution is -2.09. The number of carbonyl (C=O) groups excluding carboxylic acids is 1. The molecule has 0 atom stereocenters. The van der Waals surface area contributed by atoms with Gasteiger partial charge >= 0.3 is 0 Å². The van der Waals surface area contributed by atoms with Gasteiger partial charge in [-0.2, -0.15) is 0 Å². The minimum atomic E-state index is 0.0153. The van der Waals surface area contributed by atoms with E-state index in [9.17, 15) is 4.79 Å². The van der Waals surface area contributed by atoms with Crippen LogP contribution in [-0.2, 0) is 6.54 Å². The number of aromatic nitrogens is 2. The highest BCUT2D eigenvalue weighted by atomic mass is 79.9. The Kier molecular flexibility index (Phi) is 3.41. The summed E-state index contributed by atoms with van der Waals surface area (Å²) in [5, 5.41) is 0.603. The summed E-state index contributed by atoms with van der Waals surface area (Å²) < 4.78 is 2.44. The number of carbonyl (C=O) groups is 1. The third-order valence-corrected chi connectivity index (χ3v) is 3.01. The standard InChI is InChI=1S/C11H8BrClN2O/c12-10-5-8(13)1-2-9(10)11(16)6-15-4-3-14-7-15/h1-5,7H,6H2. The number of hydrogen-bond donors (Lipinski definition) is 0. The Balaban J connectivity index is 2.21. The lowest BCUT2D eigenvalue weighted by atomic mass is 10.1. The first-order valence-corrected chi connectivity index (χ1v) is 5.78. The van der Waals surface area contributed by atoms with E-state index in [1.165, 1.54) is 0 Å². The van der Waals surface area contributed by atoms with Gasteiger partial charge in [0.05, 0.1) is 12.9 Å². The maximum Gasteiger partial charge on any atom is 0.183 e. The maximum atomic E-state index is 11.9. The molecule has 1 aromatic carbocycles. The van der Waals surface area contributed by atoms with Gasteiger partial charge in [0.15, 0.2) is 5.78 Å². The summed E-state index contributed by atoms with van der Waals surface area (Å²) in [7, 11) is 0. The largest absolute Gasteiger partial charge is 0.330 e. The molecule has 0 fully saturated rings. The monoisotopic (exact) mass is 298 g/mol. The summed E-state index contributed by atoms with van der Waals surface area (Å²) in [6.45, 7) is 0.278. The first kappa shape index (κ1) is 11.4. The first-order valence-electron chi connectivity index (χ1n) is 4.61. The topological polar surface area (TPSA) is 34.9 Å². The zero-order chi connectivity index (χ0) is 11.5. The molecule has 2 rings (SSSR count). The van der Waals surface area contributed by atoms with Gasteiger partial charge < -0.3 is 4.57 Å². The van der Waals surface area contributed by atoms with E-state index >= 15 is 0 Å². The summed E-state index contributed by atoms with van der Waals surface area (Å²) in [6.07, 6.45) is 5.01. The number of nitrogens with zero attached hydrogens (tertiary/aromatic N) is 2. The van der Waals surface area contributed by atoms with Crippen LogP contribution in [0.5, 0.6) is 0 Å². The molecule has 1 heterocycles. The predicted molar refractivity (Wildman–Crippen MR) is 65.7 cm³/mol. The number of halogens is 2. The smallest absolute Gasteiger partial charge is 0.183 e. The summed E-state index contributed by atoms with van der Waals surface area (Å²) in [5.41, 5.74) is 0.623.